The molecule has 0 saturated carbocycles. The Morgan fingerprint density at radius 1 is 0.793 bits per heavy atom. The standard InChI is InChI=1S/C19H18N4O4S2/c1-15-14-22(28(24,25)18-6-2-16(12-20)3-7-18)10-11-23(15)29(26,27)19-8-4-17(13-21)5-9-19/h2-9,15H,10-11,14H2,1H3. The highest BCUT2D eigenvalue weighted by molar-refractivity contribution is 7.89. The first-order chi connectivity index (χ1) is 13.7. The number of nitriles is 2. The lowest BCUT2D eigenvalue weighted by Crippen LogP contribution is -2.55. The molecule has 29 heavy (non-hydrogen) atoms. The maximum Gasteiger partial charge on any atom is 0.243 e. The minimum Gasteiger partial charge on any atom is -0.207 e. The van der Waals surface area contributed by atoms with Gasteiger partial charge in [-0.1, -0.05) is 0 Å². The summed E-state index contributed by atoms with van der Waals surface area (Å²) >= 11 is 0. The summed E-state index contributed by atoms with van der Waals surface area (Å²) in [4.78, 5) is 0.124. The van der Waals surface area contributed by atoms with Crippen LogP contribution in [-0.2, 0) is 20.0 Å². The van der Waals surface area contributed by atoms with Gasteiger partial charge in [0.15, 0.2) is 0 Å². The molecule has 10 heteroatoms. The molecule has 1 atom stereocenters. The topological polar surface area (TPSA) is 122 Å². The largest absolute Gasteiger partial charge is 0.243 e. The van der Waals surface area contributed by atoms with E-state index in [-0.39, 0.29) is 29.4 Å². The normalized spacial score (nSPS) is 18.7. The second-order valence-corrected chi connectivity index (χ2v) is 10.4. The first-order valence-corrected chi connectivity index (χ1v) is 11.6. The van der Waals surface area contributed by atoms with E-state index in [1.54, 1.807) is 6.92 Å². The van der Waals surface area contributed by atoms with Crippen LogP contribution in [0.4, 0.5) is 0 Å². The Kier molecular flexibility index (Phi) is 5.73. The maximum atomic E-state index is 12.9. The fourth-order valence-corrected chi connectivity index (χ4v) is 6.30. The van der Waals surface area contributed by atoms with E-state index in [9.17, 15) is 16.8 Å². The molecule has 0 aliphatic carbocycles. The molecule has 1 fully saturated rings. The second kappa shape index (κ2) is 7.93. The zero-order valence-electron chi connectivity index (χ0n) is 15.6. The molecule has 0 amide bonds. The Morgan fingerprint density at radius 2 is 1.24 bits per heavy atom. The van der Waals surface area contributed by atoms with Gasteiger partial charge >= 0.3 is 0 Å². The Balaban J connectivity index is 1.80. The molecule has 1 heterocycles. The van der Waals surface area contributed by atoms with Gasteiger partial charge in [-0.3, -0.25) is 0 Å². The molecule has 0 N–H and O–H groups in total. The zero-order chi connectivity index (χ0) is 21.2. The molecule has 0 bridgehead atoms. The molecule has 0 spiro atoms. The SMILES string of the molecule is CC1CN(S(=O)(=O)c2ccc(C#N)cc2)CCN1S(=O)(=O)c1ccc(C#N)cc1. The highest BCUT2D eigenvalue weighted by Crippen LogP contribution is 2.25. The van der Waals surface area contributed by atoms with Crippen molar-refractivity contribution in [3.05, 3.63) is 59.7 Å². The van der Waals surface area contributed by atoms with Gasteiger partial charge in [0.2, 0.25) is 20.0 Å². The van der Waals surface area contributed by atoms with Gasteiger partial charge in [0.25, 0.3) is 0 Å². The molecule has 0 radical (unpaired) electrons. The van der Waals surface area contributed by atoms with Crippen LogP contribution in [0.5, 0.6) is 0 Å². The number of piperazine rings is 1. The summed E-state index contributed by atoms with van der Waals surface area (Å²) in [7, 11) is -7.61. The third-order valence-corrected chi connectivity index (χ3v) is 8.65. The smallest absolute Gasteiger partial charge is 0.207 e. The summed E-state index contributed by atoms with van der Waals surface area (Å²) in [5, 5.41) is 17.7. The Bertz CT molecular complexity index is 1190. The number of hydrogen-bond donors (Lipinski definition) is 0. The Labute approximate surface area is 170 Å². The highest BCUT2D eigenvalue weighted by atomic mass is 32.2. The number of benzene rings is 2. The summed E-state index contributed by atoms with van der Waals surface area (Å²) in [5.74, 6) is 0. The molecule has 2 aromatic rings. The molecule has 1 aliphatic rings. The predicted octanol–water partition coefficient (Wildman–Crippen LogP) is 1.51. The fourth-order valence-electron chi connectivity index (χ4n) is 3.17. The van der Waals surface area contributed by atoms with E-state index in [0.29, 0.717) is 11.1 Å². The van der Waals surface area contributed by atoms with Gasteiger partial charge in [-0.15, -0.1) is 0 Å². The van der Waals surface area contributed by atoms with Crippen molar-refractivity contribution < 1.29 is 16.8 Å². The first kappa shape index (κ1) is 21.0. The van der Waals surface area contributed by atoms with Gasteiger partial charge < -0.3 is 0 Å². The molecule has 150 valence electrons. The van der Waals surface area contributed by atoms with Crippen LogP contribution in [0.3, 0.4) is 0 Å². The summed E-state index contributed by atoms with van der Waals surface area (Å²) in [6.07, 6.45) is 0. The lowest BCUT2D eigenvalue weighted by molar-refractivity contribution is 0.212. The van der Waals surface area contributed by atoms with Crippen LogP contribution in [0.15, 0.2) is 58.3 Å². The molecule has 8 nitrogen and oxygen atoms in total. The zero-order valence-corrected chi connectivity index (χ0v) is 17.2. The van der Waals surface area contributed by atoms with Crippen LogP contribution >= 0.6 is 0 Å². The summed E-state index contributed by atoms with van der Waals surface area (Å²) in [6, 6.07) is 14.5. The molecule has 1 aliphatic heterocycles. The average Bonchev–Trinajstić information content (AvgIpc) is 2.73. The van der Waals surface area contributed by atoms with Crippen molar-refractivity contribution in [1.82, 2.24) is 8.61 Å². The first-order valence-electron chi connectivity index (χ1n) is 8.72. The molecule has 1 unspecified atom stereocenters. The van der Waals surface area contributed by atoms with E-state index in [1.807, 2.05) is 12.1 Å². The van der Waals surface area contributed by atoms with Gasteiger partial charge in [0, 0.05) is 25.7 Å². The third kappa shape index (κ3) is 4.02. The maximum absolute atomic E-state index is 12.9. The summed E-state index contributed by atoms with van der Waals surface area (Å²) in [6.45, 7) is 1.70. The van der Waals surface area contributed by atoms with Gasteiger partial charge in [0.05, 0.1) is 33.1 Å². The van der Waals surface area contributed by atoms with Crippen molar-refractivity contribution in [2.75, 3.05) is 19.6 Å². The number of hydrogen-bond acceptors (Lipinski definition) is 6. The second-order valence-electron chi connectivity index (χ2n) is 6.60. The average molecular weight is 431 g/mol. The van der Waals surface area contributed by atoms with Crippen LogP contribution < -0.4 is 0 Å². The van der Waals surface area contributed by atoms with Crippen molar-refractivity contribution in [2.24, 2.45) is 0 Å². The van der Waals surface area contributed by atoms with Crippen LogP contribution in [-0.4, -0.2) is 51.1 Å². The van der Waals surface area contributed by atoms with E-state index in [1.165, 1.54) is 57.1 Å². The van der Waals surface area contributed by atoms with E-state index in [4.69, 9.17) is 10.5 Å². The number of nitrogens with zero attached hydrogens (tertiary/aromatic N) is 4. The molecular formula is C19H18N4O4S2. The van der Waals surface area contributed by atoms with Crippen molar-refractivity contribution >= 4 is 20.0 Å². The lowest BCUT2D eigenvalue weighted by Gasteiger charge is -2.38. The molecule has 2 aromatic carbocycles. The fraction of sp³-hybridized carbons (Fsp3) is 0.263. The molecule has 3 rings (SSSR count). The van der Waals surface area contributed by atoms with Crippen molar-refractivity contribution in [3.63, 3.8) is 0 Å². The predicted molar refractivity (Wildman–Crippen MR) is 104 cm³/mol. The van der Waals surface area contributed by atoms with Gasteiger partial charge in [0.1, 0.15) is 0 Å². The summed E-state index contributed by atoms with van der Waals surface area (Å²) < 4.78 is 54.2. The molecule has 0 aromatic heterocycles. The van der Waals surface area contributed by atoms with Gasteiger partial charge in [-0.2, -0.15) is 19.1 Å². The van der Waals surface area contributed by atoms with Crippen LogP contribution in [0, 0.1) is 22.7 Å². The van der Waals surface area contributed by atoms with Crippen molar-refractivity contribution in [1.29, 1.82) is 10.5 Å². The van der Waals surface area contributed by atoms with E-state index >= 15 is 0 Å². The minimum absolute atomic E-state index is 0.0117. The van der Waals surface area contributed by atoms with E-state index in [2.05, 4.69) is 0 Å². The Morgan fingerprint density at radius 3 is 1.66 bits per heavy atom. The van der Waals surface area contributed by atoms with Crippen LogP contribution in [0.1, 0.15) is 18.1 Å². The van der Waals surface area contributed by atoms with Crippen LogP contribution in [0.2, 0.25) is 0 Å². The monoisotopic (exact) mass is 430 g/mol. The van der Waals surface area contributed by atoms with Crippen molar-refractivity contribution in [2.45, 2.75) is 22.8 Å². The lowest BCUT2D eigenvalue weighted by atomic mass is 10.2. The number of rotatable bonds is 4. The highest BCUT2D eigenvalue weighted by Gasteiger charge is 2.38. The third-order valence-electron chi connectivity index (χ3n) is 4.74. The van der Waals surface area contributed by atoms with E-state index in [0.717, 1.165) is 0 Å². The van der Waals surface area contributed by atoms with Crippen molar-refractivity contribution in [3.8, 4) is 12.1 Å². The summed E-state index contributed by atoms with van der Waals surface area (Å²) in [5.41, 5.74) is 0.714. The Hall–Kier alpha value is -2.76. The van der Waals surface area contributed by atoms with Gasteiger partial charge in [-0.05, 0) is 55.5 Å². The van der Waals surface area contributed by atoms with Crippen LogP contribution in [0.25, 0.3) is 0 Å². The quantitative estimate of drug-likeness (QED) is 0.725. The minimum atomic E-state index is -3.81. The van der Waals surface area contributed by atoms with E-state index < -0.39 is 26.1 Å². The number of sulfonamides is 2. The molecule has 1 saturated heterocycles. The molecular weight excluding hydrogens is 412 g/mol. The van der Waals surface area contributed by atoms with Gasteiger partial charge in [-0.25, -0.2) is 16.8 Å².